The molecule has 27 heavy (non-hydrogen) atoms. The van der Waals surface area contributed by atoms with E-state index in [1.54, 1.807) is 7.05 Å². The van der Waals surface area contributed by atoms with E-state index in [0.717, 1.165) is 28.2 Å². The Labute approximate surface area is 181 Å². The minimum absolute atomic E-state index is 0. The van der Waals surface area contributed by atoms with Crippen molar-refractivity contribution in [1.82, 2.24) is 14.8 Å². The molecule has 1 N–H and O–H groups in total. The van der Waals surface area contributed by atoms with Crippen molar-refractivity contribution in [1.29, 1.82) is 0 Å². The summed E-state index contributed by atoms with van der Waals surface area (Å²) in [7, 11) is 5.72. The SMILES string of the molecule is CN=C(NCCOc1ccc2c(c1)OCO2)N(C)Cc1cc(Cl)cn1C.I. The summed E-state index contributed by atoms with van der Waals surface area (Å²) in [6.45, 7) is 2.09. The minimum atomic E-state index is 0. The maximum absolute atomic E-state index is 6.04. The van der Waals surface area contributed by atoms with Gasteiger partial charge in [0, 0.05) is 39.1 Å². The molecular weight excluding hydrogens is 483 g/mol. The molecule has 2 heterocycles. The molecule has 0 fully saturated rings. The maximum atomic E-state index is 6.04. The Balaban J connectivity index is 0.00000261. The first-order valence-corrected chi connectivity index (χ1v) is 8.69. The van der Waals surface area contributed by atoms with E-state index < -0.39 is 0 Å². The molecule has 2 aromatic rings. The van der Waals surface area contributed by atoms with Crippen LogP contribution in [-0.2, 0) is 13.6 Å². The van der Waals surface area contributed by atoms with Gasteiger partial charge in [-0.2, -0.15) is 0 Å². The van der Waals surface area contributed by atoms with Crippen molar-refractivity contribution in [2.45, 2.75) is 6.54 Å². The summed E-state index contributed by atoms with van der Waals surface area (Å²) in [6.07, 6.45) is 1.89. The highest BCUT2D eigenvalue weighted by molar-refractivity contribution is 14.0. The van der Waals surface area contributed by atoms with Crippen LogP contribution >= 0.6 is 35.6 Å². The zero-order valence-corrected chi connectivity index (χ0v) is 18.7. The first-order valence-electron chi connectivity index (χ1n) is 8.32. The third-order valence-electron chi connectivity index (χ3n) is 4.04. The van der Waals surface area contributed by atoms with Crippen molar-refractivity contribution in [3.63, 3.8) is 0 Å². The largest absolute Gasteiger partial charge is 0.492 e. The highest BCUT2D eigenvalue weighted by atomic mass is 127. The molecule has 7 nitrogen and oxygen atoms in total. The Morgan fingerprint density at radius 3 is 2.81 bits per heavy atom. The molecule has 1 aromatic heterocycles. The molecule has 0 spiro atoms. The summed E-state index contributed by atoms with van der Waals surface area (Å²) in [6, 6.07) is 7.51. The van der Waals surface area contributed by atoms with Crippen molar-refractivity contribution in [2.75, 3.05) is 34.0 Å². The summed E-state index contributed by atoms with van der Waals surface area (Å²) in [4.78, 5) is 6.34. The standard InChI is InChI=1S/C18H23ClN4O3.HI/c1-20-18(23(3)11-14-8-13(19)10-22(14)2)21-6-7-24-15-4-5-16-17(9-15)26-12-25-16;/h4-5,8-10H,6-7,11-12H2,1-3H3,(H,20,21);1H. The third-order valence-corrected chi connectivity index (χ3v) is 4.25. The predicted molar refractivity (Wildman–Crippen MR) is 117 cm³/mol. The zero-order chi connectivity index (χ0) is 18.5. The van der Waals surface area contributed by atoms with Crippen LogP contribution in [0.2, 0.25) is 5.02 Å². The molecule has 148 valence electrons. The van der Waals surface area contributed by atoms with Crippen LogP contribution in [0.15, 0.2) is 35.5 Å². The average molecular weight is 507 g/mol. The van der Waals surface area contributed by atoms with Gasteiger partial charge in [0.1, 0.15) is 12.4 Å². The molecule has 0 saturated heterocycles. The second-order valence-electron chi connectivity index (χ2n) is 5.95. The van der Waals surface area contributed by atoms with E-state index in [-0.39, 0.29) is 30.8 Å². The molecule has 0 aliphatic carbocycles. The van der Waals surface area contributed by atoms with E-state index in [1.165, 1.54) is 0 Å². The fraction of sp³-hybridized carbons (Fsp3) is 0.389. The van der Waals surface area contributed by atoms with Crippen molar-refractivity contribution in [3.05, 3.63) is 41.2 Å². The van der Waals surface area contributed by atoms with Crippen LogP contribution in [0.4, 0.5) is 0 Å². The predicted octanol–water partition coefficient (Wildman–Crippen LogP) is 3.11. The molecule has 1 aromatic carbocycles. The van der Waals surface area contributed by atoms with E-state index >= 15 is 0 Å². The van der Waals surface area contributed by atoms with Gasteiger partial charge in [0.25, 0.3) is 0 Å². The number of nitrogens with zero attached hydrogens (tertiary/aromatic N) is 3. The topological polar surface area (TPSA) is 60.3 Å². The Morgan fingerprint density at radius 2 is 2.11 bits per heavy atom. The van der Waals surface area contributed by atoms with Crippen LogP contribution in [-0.4, -0.2) is 49.5 Å². The monoisotopic (exact) mass is 506 g/mol. The molecule has 0 bridgehead atoms. The lowest BCUT2D eigenvalue weighted by atomic mass is 10.3. The zero-order valence-electron chi connectivity index (χ0n) is 15.6. The van der Waals surface area contributed by atoms with Gasteiger partial charge in [0.15, 0.2) is 17.5 Å². The molecule has 1 aliphatic rings. The molecule has 0 unspecified atom stereocenters. The van der Waals surface area contributed by atoms with E-state index in [4.69, 9.17) is 25.8 Å². The number of ether oxygens (including phenoxy) is 3. The number of rotatable bonds is 6. The molecule has 1 aliphatic heterocycles. The van der Waals surface area contributed by atoms with E-state index in [2.05, 4.69) is 10.3 Å². The second-order valence-corrected chi connectivity index (χ2v) is 6.39. The van der Waals surface area contributed by atoms with Crippen molar-refractivity contribution >= 4 is 41.5 Å². The van der Waals surface area contributed by atoms with Gasteiger partial charge in [0.05, 0.1) is 18.1 Å². The van der Waals surface area contributed by atoms with Crippen LogP contribution in [0.25, 0.3) is 0 Å². The molecular formula is C18H24ClIN4O3. The Morgan fingerprint density at radius 1 is 1.33 bits per heavy atom. The van der Waals surface area contributed by atoms with Crippen LogP contribution in [0, 0.1) is 0 Å². The summed E-state index contributed by atoms with van der Waals surface area (Å²) >= 11 is 6.04. The van der Waals surface area contributed by atoms with Gasteiger partial charge in [-0.25, -0.2) is 0 Å². The quantitative estimate of drug-likeness (QED) is 0.282. The highest BCUT2D eigenvalue weighted by Crippen LogP contribution is 2.34. The molecule has 0 saturated carbocycles. The summed E-state index contributed by atoms with van der Waals surface area (Å²) < 4.78 is 18.4. The van der Waals surface area contributed by atoms with Crippen molar-refractivity contribution in [2.24, 2.45) is 12.0 Å². The maximum Gasteiger partial charge on any atom is 0.231 e. The number of aromatic nitrogens is 1. The summed E-state index contributed by atoms with van der Waals surface area (Å²) in [5, 5.41) is 4.02. The first-order chi connectivity index (χ1) is 12.6. The Bertz CT molecular complexity index is 797. The van der Waals surface area contributed by atoms with Gasteiger partial charge in [-0.1, -0.05) is 11.6 Å². The number of fused-ring (bicyclic) bond motifs is 1. The summed E-state index contributed by atoms with van der Waals surface area (Å²) in [5.74, 6) is 3.00. The van der Waals surface area contributed by atoms with Crippen LogP contribution in [0.5, 0.6) is 17.2 Å². The van der Waals surface area contributed by atoms with E-state index in [0.29, 0.717) is 25.4 Å². The van der Waals surface area contributed by atoms with Crippen LogP contribution in [0.3, 0.4) is 0 Å². The van der Waals surface area contributed by atoms with E-state index in [9.17, 15) is 0 Å². The summed E-state index contributed by atoms with van der Waals surface area (Å²) in [5.41, 5.74) is 1.11. The third kappa shape index (κ3) is 5.58. The van der Waals surface area contributed by atoms with Gasteiger partial charge in [-0.15, -0.1) is 24.0 Å². The highest BCUT2D eigenvalue weighted by Gasteiger charge is 2.14. The average Bonchev–Trinajstić information content (AvgIpc) is 3.20. The number of benzene rings is 1. The molecule has 0 atom stereocenters. The lowest BCUT2D eigenvalue weighted by Gasteiger charge is -2.22. The van der Waals surface area contributed by atoms with Crippen molar-refractivity contribution in [3.8, 4) is 17.2 Å². The number of aryl methyl sites for hydroxylation is 1. The number of aliphatic imine (C=N–C) groups is 1. The minimum Gasteiger partial charge on any atom is -0.492 e. The normalized spacial score (nSPS) is 12.5. The van der Waals surface area contributed by atoms with Gasteiger partial charge < -0.3 is 29.0 Å². The second kappa shape index (κ2) is 9.93. The van der Waals surface area contributed by atoms with Crippen LogP contribution in [0.1, 0.15) is 5.69 Å². The lowest BCUT2D eigenvalue weighted by Crippen LogP contribution is -2.40. The lowest BCUT2D eigenvalue weighted by molar-refractivity contribution is 0.173. The fourth-order valence-corrected chi connectivity index (χ4v) is 3.00. The van der Waals surface area contributed by atoms with Gasteiger partial charge in [-0.3, -0.25) is 4.99 Å². The van der Waals surface area contributed by atoms with Gasteiger partial charge in [-0.05, 0) is 18.2 Å². The van der Waals surface area contributed by atoms with Gasteiger partial charge in [0.2, 0.25) is 6.79 Å². The smallest absolute Gasteiger partial charge is 0.231 e. The number of hydrogen-bond donors (Lipinski definition) is 1. The van der Waals surface area contributed by atoms with E-state index in [1.807, 2.05) is 54.0 Å². The fourth-order valence-electron chi connectivity index (χ4n) is 2.72. The molecule has 3 rings (SSSR count). The number of nitrogens with one attached hydrogen (secondary N) is 1. The van der Waals surface area contributed by atoms with Crippen molar-refractivity contribution < 1.29 is 14.2 Å². The number of halogens is 2. The Hall–Kier alpha value is -1.81. The molecule has 0 amide bonds. The van der Waals surface area contributed by atoms with Crippen LogP contribution < -0.4 is 19.5 Å². The first kappa shape index (κ1) is 21.5. The number of guanidine groups is 1. The molecule has 0 radical (unpaired) electrons. The number of hydrogen-bond acceptors (Lipinski definition) is 4. The van der Waals surface area contributed by atoms with Gasteiger partial charge >= 0.3 is 0 Å². The Kier molecular flexibility index (Phi) is 7.91. The molecule has 9 heteroatoms.